The molecule has 2 nitrogen and oxygen atoms in total. The van der Waals surface area contributed by atoms with Gasteiger partial charge in [-0.2, -0.15) is 0 Å². The molecule has 0 aromatic rings. The van der Waals surface area contributed by atoms with Crippen LogP contribution in [0.3, 0.4) is 0 Å². The van der Waals surface area contributed by atoms with Gasteiger partial charge in [-0.05, 0) is 149 Å². The van der Waals surface area contributed by atoms with Crippen molar-refractivity contribution in [2.75, 3.05) is 0 Å². The summed E-state index contributed by atoms with van der Waals surface area (Å²) in [4.78, 5) is 13.2. The minimum atomic E-state index is -0.191. The van der Waals surface area contributed by atoms with Crippen molar-refractivity contribution in [3.8, 4) is 0 Å². The molecule has 0 N–H and O–H groups in total. The van der Waals surface area contributed by atoms with Gasteiger partial charge in [0.05, 0.1) is 0 Å². The summed E-state index contributed by atoms with van der Waals surface area (Å²) in [5.74, 6) is 4.75. The van der Waals surface area contributed by atoms with Gasteiger partial charge in [0.2, 0.25) is 0 Å². The van der Waals surface area contributed by atoms with Crippen molar-refractivity contribution in [2.24, 2.45) is 51.8 Å². The summed E-state index contributed by atoms with van der Waals surface area (Å²) in [5, 5.41) is 0. The lowest BCUT2D eigenvalue weighted by Crippen LogP contribution is -2.52. The van der Waals surface area contributed by atoms with Crippen LogP contribution in [0.15, 0.2) is 70.9 Å². The zero-order valence-corrected chi connectivity index (χ0v) is 32.4. The van der Waals surface area contributed by atoms with Crippen LogP contribution in [0.4, 0.5) is 0 Å². The van der Waals surface area contributed by atoms with Crippen molar-refractivity contribution < 1.29 is 9.53 Å². The van der Waals surface area contributed by atoms with E-state index in [2.05, 4.69) is 91.8 Å². The molecule has 48 heavy (non-hydrogen) atoms. The number of fused-ring (bicyclic) bond motifs is 5. The van der Waals surface area contributed by atoms with E-state index in [0.717, 1.165) is 53.9 Å². The standard InChI is InChI=1S/C46H70O2/c1-32(2)14-10-18-36(6)38-22-23-39-37-20-21-41-42(19-13-27-45(41,8)40(37)25-29-46(38,39)9)48-43(47)30-34(4)16-11-15-33(3)24-28-44(7)26-12-17-35(5)31-44/h11,15-16,21,24,28,30-32,36-40,42H,10,12-14,17-20,22-23,25-27,29H2,1-9H3/b16-11+,28-24+,33-15+,34-30+/t36-,37?,38?,39?,40?,42+,44?,45-,46-/m1/s1. The molecule has 0 aliphatic heterocycles. The molecule has 0 saturated heterocycles. The van der Waals surface area contributed by atoms with Crippen LogP contribution in [-0.4, -0.2) is 12.1 Å². The van der Waals surface area contributed by atoms with Crippen LogP contribution in [0.2, 0.25) is 0 Å². The van der Waals surface area contributed by atoms with Crippen molar-refractivity contribution >= 4 is 5.97 Å². The largest absolute Gasteiger partial charge is 0.455 e. The van der Waals surface area contributed by atoms with Crippen molar-refractivity contribution in [1.82, 2.24) is 0 Å². The SMILES string of the molecule is CC1=CC(C)(/C=C/C(C)=C/C=C/C(C)=C/C(=O)O[C@H]2CCC[C@@]3(C)C2=CCC2C4CCC([C@H](C)CCCC(C)C)[C@@]4(C)CCC23)CCC1. The molecule has 0 spiro atoms. The second kappa shape index (κ2) is 15.4. The third kappa shape index (κ3) is 8.26. The minimum absolute atomic E-state index is 0.0676. The molecular weight excluding hydrogens is 585 g/mol. The van der Waals surface area contributed by atoms with Crippen molar-refractivity contribution in [1.29, 1.82) is 0 Å². The fourth-order valence-electron chi connectivity index (χ4n) is 11.6. The van der Waals surface area contributed by atoms with Gasteiger partial charge >= 0.3 is 5.97 Å². The second-order valence-corrected chi connectivity index (χ2v) is 18.4. The molecule has 0 aromatic heterocycles. The Morgan fingerprint density at radius 1 is 0.938 bits per heavy atom. The number of carbonyl (C=O) groups excluding carboxylic acids is 1. The third-order valence-electron chi connectivity index (χ3n) is 14.1. The van der Waals surface area contributed by atoms with Crippen LogP contribution in [0.1, 0.15) is 152 Å². The molecular formula is C46H70O2. The predicted molar refractivity (Wildman–Crippen MR) is 204 cm³/mol. The van der Waals surface area contributed by atoms with Crippen LogP contribution in [0, 0.1) is 51.8 Å². The average molecular weight is 655 g/mol. The third-order valence-corrected chi connectivity index (χ3v) is 14.1. The van der Waals surface area contributed by atoms with Crippen molar-refractivity contribution in [3.05, 3.63) is 70.9 Å². The van der Waals surface area contributed by atoms with E-state index >= 15 is 0 Å². The number of hydrogen-bond donors (Lipinski definition) is 0. The highest BCUT2D eigenvalue weighted by Crippen LogP contribution is 2.67. The number of carbonyl (C=O) groups is 1. The van der Waals surface area contributed by atoms with E-state index in [0.29, 0.717) is 5.41 Å². The molecule has 9 atom stereocenters. The molecule has 5 unspecified atom stereocenters. The molecule has 266 valence electrons. The van der Waals surface area contributed by atoms with Gasteiger partial charge in [0.1, 0.15) is 6.10 Å². The molecule has 0 amide bonds. The Morgan fingerprint density at radius 3 is 2.48 bits per heavy atom. The molecule has 2 heteroatoms. The Labute approximate surface area is 295 Å². The average Bonchev–Trinajstić information content (AvgIpc) is 3.37. The highest BCUT2D eigenvalue weighted by Gasteiger charge is 2.59. The van der Waals surface area contributed by atoms with Crippen LogP contribution >= 0.6 is 0 Å². The lowest BCUT2D eigenvalue weighted by Gasteiger charge is -2.58. The lowest BCUT2D eigenvalue weighted by molar-refractivity contribution is -0.144. The van der Waals surface area contributed by atoms with Gasteiger partial charge in [0.15, 0.2) is 0 Å². The molecule has 3 saturated carbocycles. The van der Waals surface area contributed by atoms with Gasteiger partial charge in [0.25, 0.3) is 0 Å². The lowest BCUT2D eigenvalue weighted by atomic mass is 9.46. The van der Waals surface area contributed by atoms with Crippen LogP contribution in [-0.2, 0) is 9.53 Å². The van der Waals surface area contributed by atoms with Crippen molar-refractivity contribution in [2.45, 2.75) is 158 Å². The van der Waals surface area contributed by atoms with Gasteiger partial charge in [-0.1, -0.05) is 114 Å². The smallest absolute Gasteiger partial charge is 0.331 e. The fraction of sp³-hybridized carbons (Fsp3) is 0.717. The maximum atomic E-state index is 13.2. The van der Waals surface area contributed by atoms with E-state index in [1.807, 2.05) is 13.0 Å². The van der Waals surface area contributed by atoms with Crippen molar-refractivity contribution in [3.63, 3.8) is 0 Å². The molecule has 5 rings (SSSR count). The first-order chi connectivity index (χ1) is 22.7. The Balaban J connectivity index is 1.20. The van der Waals surface area contributed by atoms with Gasteiger partial charge in [0, 0.05) is 11.5 Å². The molecule has 5 aliphatic rings. The number of rotatable bonds is 11. The van der Waals surface area contributed by atoms with Crippen LogP contribution < -0.4 is 0 Å². The molecule has 0 radical (unpaired) electrons. The quantitative estimate of drug-likeness (QED) is 0.0959. The number of esters is 1. The minimum Gasteiger partial charge on any atom is -0.455 e. The van der Waals surface area contributed by atoms with E-state index in [1.54, 1.807) is 6.08 Å². The Bertz CT molecular complexity index is 1340. The summed E-state index contributed by atoms with van der Waals surface area (Å²) in [7, 11) is 0. The zero-order valence-electron chi connectivity index (χ0n) is 32.4. The molecule has 3 fully saturated rings. The first-order valence-corrected chi connectivity index (χ1v) is 20.1. The topological polar surface area (TPSA) is 26.3 Å². The monoisotopic (exact) mass is 655 g/mol. The Kier molecular flexibility index (Phi) is 11.9. The van der Waals surface area contributed by atoms with Gasteiger partial charge in [-0.3, -0.25) is 0 Å². The van der Waals surface area contributed by atoms with E-state index in [-0.39, 0.29) is 22.9 Å². The Morgan fingerprint density at radius 2 is 1.73 bits per heavy atom. The number of hydrogen-bond acceptors (Lipinski definition) is 2. The highest BCUT2D eigenvalue weighted by molar-refractivity contribution is 5.83. The van der Waals surface area contributed by atoms with Gasteiger partial charge < -0.3 is 4.74 Å². The van der Waals surface area contributed by atoms with Gasteiger partial charge in [-0.15, -0.1) is 0 Å². The number of allylic oxidation sites excluding steroid dienone is 10. The van der Waals surface area contributed by atoms with E-state index in [1.165, 1.54) is 93.8 Å². The van der Waals surface area contributed by atoms with E-state index < -0.39 is 0 Å². The van der Waals surface area contributed by atoms with Gasteiger partial charge in [-0.25, -0.2) is 4.79 Å². The Hall–Kier alpha value is -2.09. The maximum absolute atomic E-state index is 13.2. The zero-order chi connectivity index (χ0) is 34.7. The van der Waals surface area contributed by atoms with Crippen LogP contribution in [0.25, 0.3) is 0 Å². The summed E-state index contributed by atoms with van der Waals surface area (Å²) >= 11 is 0. The normalized spacial score (nSPS) is 38.0. The summed E-state index contributed by atoms with van der Waals surface area (Å²) in [6.45, 7) is 21.3. The predicted octanol–water partition coefficient (Wildman–Crippen LogP) is 13.1. The highest BCUT2D eigenvalue weighted by atomic mass is 16.5. The first-order valence-electron chi connectivity index (χ1n) is 20.1. The first kappa shape index (κ1) is 37.2. The van der Waals surface area contributed by atoms with E-state index in [9.17, 15) is 4.79 Å². The second-order valence-electron chi connectivity index (χ2n) is 18.4. The fourth-order valence-corrected chi connectivity index (χ4v) is 11.6. The molecule has 0 heterocycles. The molecule has 0 aromatic carbocycles. The maximum Gasteiger partial charge on any atom is 0.331 e. The summed E-state index contributed by atoms with van der Waals surface area (Å²) in [5.41, 5.74) is 5.94. The number of ether oxygens (including phenoxy) is 1. The molecule has 5 aliphatic carbocycles. The van der Waals surface area contributed by atoms with E-state index in [4.69, 9.17) is 4.74 Å². The summed E-state index contributed by atoms with van der Waals surface area (Å²) < 4.78 is 6.29. The summed E-state index contributed by atoms with van der Waals surface area (Å²) in [6, 6.07) is 0. The van der Waals surface area contributed by atoms with Crippen LogP contribution in [0.5, 0.6) is 0 Å². The molecule has 0 bridgehead atoms. The summed E-state index contributed by atoms with van der Waals surface area (Å²) in [6.07, 6.45) is 35.4.